The van der Waals surface area contributed by atoms with Gasteiger partial charge in [0.1, 0.15) is 6.54 Å². The van der Waals surface area contributed by atoms with Crippen LogP contribution < -0.4 is 10.2 Å². The van der Waals surface area contributed by atoms with Crippen molar-refractivity contribution in [1.29, 1.82) is 0 Å². The van der Waals surface area contributed by atoms with Gasteiger partial charge in [-0.1, -0.05) is 41.1 Å². The first kappa shape index (κ1) is 17.8. The highest BCUT2D eigenvalue weighted by Gasteiger charge is 2.12. The second kappa shape index (κ2) is 7.51. The van der Waals surface area contributed by atoms with Crippen LogP contribution in [0.1, 0.15) is 21.7 Å². The number of hydrogen-bond donors (Lipinski definition) is 1. The van der Waals surface area contributed by atoms with Crippen LogP contribution in [0.3, 0.4) is 0 Å². The standard InChI is InChI=1S/C17H16ClN3O2S2/c1-10-4-3-5-12(15(10)18)6-13-7-19-16(25-13)20-14(22)8-21-11(2)9-24-17(21)23/h3-5,7,9H,6,8H2,1-2H3,(H,19,20,22). The molecule has 130 valence electrons. The molecule has 1 N–H and O–H groups in total. The van der Waals surface area contributed by atoms with Gasteiger partial charge in [0.15, 0.2) is 5.13 Å². The minimum absolute atomic E-state index is 0.00715. The number of halogens is 1. The number of benzene rings is 1. The molecule has 0 saturated heterocycles. The van der Waals surface area contributed by atoms with E-state index < -0.39 is 0 Å². The van der Waals surface area contributed by atoms with Gasteiger partial charge >= 0.3 is 4.87 Å². The van der Waals surface area contributed by atoms with Crippen molar-refractivity contribution in [2.45, 2.75) is 26.8 Å². The second-order valence-electron chi connectivity index (χ2n) is 5.63. The van der Waals surface area contributed by atoms with Crippen LogP contribution in [-0.2, 0) is 17.8 Å². The monoisotopic (exact) mass is 393 g/mol. The molecule has 1 aromatic carbocycles. The summed E-state index contributed by atoms with van der Waals surface area (Å²) in [7, 11) is 0. The number of hydrogen-bond acceptors (Lipinski definition) is 5. The van der Waals surface area contributed by atoms with Crippen molar-refractivity contribution in [1.82, 2.24) is 9.55 Å². The Morgan fingerprint density at radius 3 is 2.88 bits per heavy atom. The number of carbonyl (C=O) groups is 1. The molecule has 0 unspecified atom stereocenters. The minimum Gasteiger partial charge on any atom is -0.300 e. The van der Waals surface area contributed by atoms with Crippen molar-refractivity contribution in [3.05, 3.63) is 66.2 Å². The molecule has 3 rings (SSSR count). The number of anilines is 1. The minimum atomic E-state index is -0.266. The summed E-state index contributed by atoms with van der Waals surface area (Å²) < 4.78 is 1.45. The van der Waals surface area contributed by atoms with Gasteiger partial charge < -0.3 is 5.32 Å². The predicted molar refractivity (Wildman–Crippen MR) is 103 cm³/mol. The summed E-state index contributed by atoms with van der Waals surface area (Å²) in [4.78, 5) is 28.9. The number of aryl methyl sites for hydroxylation is 2. The Morgan fingerprint density at radius 2 is 2.16 bits per heavy atom. The SMILES string of the molecule is Cc1cccc(Cc2cnc(NC(=O)Cn3c(C)csc3=O)s2)c1Cl. The van der Waals surface area contributed by atoms with Crippen LogP contribution in [0.25, 0.3) is 0 Å². The van der Waals surface area contributed by atoms with Crippen LogP contribution in [0.4, 0.5) is 5.13 Å². The summed E-state index contributed by atoms with van der Waals surface area (Å²) in [5, 5.41) is 5.76. The molecule has 0 aliphatic heterocycles. The number of aromatic nitrogens is 2. The zero-order valence-electron chi connectivity index (χ0n) is 13.7. The number of amides is 1. The van der Waals surface area contributed by atoms with E-state index in [1.54, 1.807) is 18.5 Å². The summed E-state index contributed by atoms with van der Waals surface area (Å²) in [6.45, 7) is 3.77. The highest BCUT2D eigenvalue weighted by Crippen LogP contribution is 2.26. The van der Waals surface area contributed by atoms with Crippen molar-refractivity contribution in [3.8, 4) is 0 Å². The van der Waals surface area contributed by atoms with E-state index in [0.717, 1.165) is 38.1 Å². The number of thiazole rings is 2. The van der Waals surface area contributed by atoms with Crippen molar-refractivity contribution >= 4 is 45.3 Å². The van der Waals surface area contributed by atoms with Crippen molar-refractivity contribution in [2.75, 3.05) is 5.32 Å². The third-order valence-corrected chi connectivity index (χ3v) is 6.05. The quantitative estimate of drug-likeness (QED) is 0.715. The largest absolute Gasteiger partial charge is 0.307 e. The van der Waals surface area contributed by atoms with E-state index in [0.29, 0.717) is 11.6 Å². The van der Waals surface area contributed by atoms with Gasteiger partial charge in [-0.05, 0) is 25.0 Å². The summed E-state index contributed by atoms with van der Waals surface area (Å²) in [6.07, 6.45) is 2.40. The van der Waals surface area contributed by atoms with E-state index in [1.807, 2.05) is 25.1 Å². The van der Waals surface area contributed by atoms with E-state index in [-0.39, 0.29) is 17.3 Å². The van der Waals surface area contributed by atoms with Crippen molar-refractivity contribution < 1.29 is 4.79 Å². The summed E-state index contributed by atoms with van der Waals surface area (Å²) in [6, 6.07) is 5.93. The van der Waals surface area contributed by atoms with Crippen LogP contribution in [0, 0.1) is 13.8 Å². The fourth-order valence-electron chi connectivity index (χ4n) is 2.38. The van der Waals surface area contributed by atoms with E-state index in [2.05, 4.69) is 10.3 Å². The van der Waals surface area contributed by atoms with Gasteiger partial charge in [-0.15, -0.1) is 11.3 Å². The molecule has 5 nitrogen and oxygen atoms in total. The predicted octanol–water partition coefficient (Wildman–Crippen LogP) is 3.87. The van der Waals surface area contributed by atoms with Gasteiger partial charge in [-0.25, -0.2) is 4.98 Å². The fraction of sp³-hybridized carbons (Fsp3) is 0.235. The first-order chi connectivity index (χ1) is 11.9. The summed E-state index contributed by atoms with van der Waals surface area (Å²) in [5.41, 5.74) is 2.84. The Balaban J connectivity index is 1.66. The number of nitrogens with zero attached hydrogens (tertiary/aromatic N) is 2. The first-order valence-electron chi connectivity index (χ1n) is 7.57. The molecule has 0 saturated carbocycles. The molecule has 1 amide bonds. The highest BCUT2D eigenvalue weighted by atomic mass is 35.5. The van der Waals surface area contributed by atoms with Gasteiger partial charge in [0.05, 0.1) is 0 Å². The van der Waals surface area contributed by atoms with Crippen LogP contribution in [0.5, 0.6) is 0 Å². The summed E-state index contributed by atoms with van der Waals surface area (Å²) in [5.74, 6) is -0.266. The van der Waals surface area contributed by atoms with E-state index in [1.165, 1.54) is 15.9 Å². The molecule has 0 fully saturated rings. The maximum Gasteiger partial charge on any atom is 0.307 e. The molecule has 0 spiro atoms. The maximum atomic E-state index is 12.1. The lowest BCUT2D eigenvalue weighted by molar-refractivity contribution is -0.116. The zero-order valence-corrected chi connectivity index (χ0v) is 16.1. The molecular formula is C17H16ClN3O2S2. The van der Waals surface area contributed by atoms with Crippen LogP contribution in [-0.4, -0.2) is 15.5 Å². The van der Waals surface area contributed by atoms with Crippen LogP contribution >= 0.6 is 34.3 Å². The fourth-order valence-corrected chi connectivity index (χ4v) is 4.16. The molecule has 3 aromatic rings. The molecule has 0 aliphatic carbocycles. The van der Waals surface area contributed by atoms with Gasteiger partial charge in [0.2, 0.25) is 5.91 Å². The maximum absolute atomic E-state index is 12.1. The van der Waals surface area contributed by atoms with E-state index in [4.69, 9.17) is 11.6 Å². The molecule has 8 heteroatoms. The Kier molecular flexibility index (Phi) is 5.36. The first-order valence-corrected chi connectivity index (χ1v) is 9.65. The number of rotatable bonds is 5. The molecular weight excluding hydrogens is 378 g/mol. The van der Waals surface area contributed by atoms with Gasteiger partial charge in [0.25, 0.3) is 0 Å². The lowest BCUT2D eigenvalue weighted by Crippen LogP contribution is -2.25. The zero-order chi connectivity index (χ0) is 18.0. The third-order valence-electron chi connectivity index (χ3n) is 3.71. The Bertz CT molecular complexity index is 974. The Labute approximate surface area is 157 Å². The highest BCUT2D eigenvalue weighted by molar-refractivity contribution is 7.15. The topological polar surface area (TPSA) is 64.0 Å². The van der Waals surface area contributed by atoms with Crippen LogP contribution in [0.15, 0.2) is 34.6 Å². The molecule has 2 heterocycles. The van der Waals surface area contributed by atoms with E-state index >= 15 is 0 Å². The molecule has 0 bridgehead atoms. The molecule has 0 radical (unpaired) electrons. The van der Waals surface area contributed by atoms with E-state index in [9.17, 15) is 9.59 Å². The molecule has 25 heavy (non-hydrogen) atoms. The van der Waals surface area contributed by atoms with Gasteiger partial charge in [-0.3, -0.25) is 14.2 Å². The summed E-state index contributed by atoms with van der Waals surface area (Å²) >= 11 is 8.82. The average Bonchev–Trinajstić information content (AvgIpc) is 3.13. The number of nitrogens with one attached hydrogen (secondary N) is 1. The lowest BCUT2D eigenvalue weighted by Gasteiger charge is -2.05. The second-order valence-corrected chi connectivity index (χ2v) is 7.95. The van der Waals surface area contributed by atoms with Gasteiger partial charge in [0, 0.05) is 33.6 Å². The normalized spacial score (nSPS) is 10.8. The molecule has 0 aliphatic rings. The van der Waals surface area contributed by atoms with Gasteiger partial charge in [-0.2, -0.15) is 0 Å². The Hall–Kier alpha value is -1.96. The van der Waals surface area contributed by atoms with Crippen molar-refractivity contribution in [3.63, 3.8) is 0 Å². The third kappa shape index (κ3) is 4.18. The van der Waals surface area contributed by atoms with Crippen molar-refractivity contribution in [2.24, 2.45) is 0 Å². The Morgan fingerprint density at radius 1 is 1.36 bits per heavy atom. The average molecular weight is 394 g/mol. The number of carbonyl (C=O) groups excluding carboxylic acids is 1. The molecule has 0 atom stereocenters. The van der Waals surface area contributed by atoms with Crippen LogP contribution in [0.2, 0.25) is 5.02 Å². The smallest absolute Gasteiger partial charge is 0.300 e. The molecule has 2 aromatic heterocycles. The lowest BCUT2D eigenvalue weighted by atomic mass is 10.1.